The summed E-state index contributed by atoms with van der Waals surface area (Å²) in [5.74, 6) is -2.80. The highest BCUT2D eigenvalue weighted by Gasteiger charge is 2.45. The van der Waals surface area contributed by atoms with E-state index in [2.05, 4.69) is 6.92 Å². The van der Waals surface area contributed by atoms with Crippen LogP contribution in [0.5, 0.6) is 5.75 Å². The number of halogens is 4. The third-order valence-corrected chi connectivity index (χ3v) is 6.10. The number of hydrogen-bond donors (Lipinski definition) is 0. The lowest BCUT2D eigenvalue weighted by Gasteiger charge is -2.39. The maximum Gasteiger partial charge on any atom is 0.400 e. The van der Waals surface area contributed by atoms with Gasteiger partial charge in [-0.2, -0.15) is 8.78 Å². The fourth-order valence-corrected chi connectivity index (χ4v) is 4.14. The smallest absolute Gasteiger partial charge is 0.400 e. The molecule has 1 aliphatic carbocycles. The standard InChI is InChI=1S/C22H30F4O3/c1-3-4-5-15-12-27-21(28-13-15)16-6-8-17(9-7-16)22(25,26)29-18-10-19(23)14(2)20(24)11-18/h10-11,15-17,21H,3-9,12-13H2,1-2H3. The minimum absolute atomic E-state index is 0.0865. The quantitative estimate of drug-likeness (QED) is 0.491. The number of hydrogen-bond acceptors (Lipinski definition) is 3. The van der Waals surface area contributed by atoms with Gasteiger partial charge >= 0.3 is 6.11 Å². The van der Waals surface area contributed by atoms with Crippen molar-refractivity contribution in [2.75, 3.05) is 13.2 Å². The first-order chi connectivity index (χ1) is 13.8. The molecule has 0 spiro atoms. The molecule has 0 atom stereocenters. The second-order valence-electron chi connectivity index (χ2n) is 8.33. The van der Waals surface area contributed by atoms with Crippen molar-refractivity contribution in [3.8, 4) is 5.75 Å². The van der Waals surface area contributed by atoms with Gasteiger partial charge in [-0.1, -0.05) is 19.8 Å². The third-order valence-electron chi connectivity index (χ3n) is 6.10. The second kappa shape index (κ2) is 9.65. The molecule has 29 heavy (non-hydrogen) atoms. The van der Waals surface area contributed by atoms with Crippen LogP contribution in [0.1, 0.15) is 57.4 Å². The Hall–Kier alpha value is -1.34. The van der Waals surface area contributed by atoms with Crippen LogP contribution >= 0.6 is 0 Å². The Morgan fingerprint density at radius 1 is 1.03 bits per heavy atom. The van der Waals surface area contributed by atoms with Gasteiger partial charge in [-0.05, 0) is 39.0 Å². The van der Waals surface area contributed by atoms with Crippen molar-refractivity contribution in [2.24, 2.45) is 17.8 Å². The Bertz CT molecular complexity index is 643. The minimum atomic E-state index is -3.49. The van der Waals surface area contributed by atoms with Gasteiger partial charge in [0.15, 0.2) is 6.29 Å². The van der Waals surface area contributed by atoms with Gasteiger partial charge in [0.05, 0.1) is 19.1 Å². The van der Waals surface area contributed by atoms with Gasteiger partial charge in [0, 0.05) is 29.5 Å². The molecule has 2 aliphatic rings. The van der Waals surface area contributed by atoms with Crippen molar-refractivity contribution in [1.82, 2.24) is 0 Å². The summed E-state index contributed by atoms with van der Waals surface area (Å²) >= 11 is 0. The molecule has 0 bridgehead atoms. The van der Waals surface area contributed by atoms with E-state index in [1.54, 1.807) is 0 Å². The normalized spacial score (nSPS) is 28.3. The number of alkyl halides is 2. The maximum absolute atomic E-state index is 14.6. The van der Waals surface area contributed by atoms with E-state index in [1.807, 2.05) is 0 Å². The molecule has 1 aromatic rings. The topological polar surface area (TPSA) is 27.7 Å². The molecule has 1 heterocycles. The summed E-state index contributed by atoms with van der Waals surface area (Å²) in [6, 6.07) is 1.60. The van der Waals surface area contributed by atoms with Crippen molar-refractivity contribution in [3.05, 3.63) is 29.3 Å². The van der Waals surface area contributed by atoms with Gasteiger partial charge in [-0.15, -0.1) is 0 Å². The molecule has 7 heteroatoms. The van der Waals surface area contributed by atoms with Crippen LogP contribution in [0.25, 0.3) is 0 Å². The minimum Gasteiger partial charge on any atom is -0.432 e. The molecule has 3 rings (SSSR count). The largest absolute Gasteiger partial charge is 0.432 e. The maximum atomic E-state index is 14.6. The van der Waals surface area contributed by atoms with Crippen LogP contribution in [0, 0.1) is 36.3 Å². The summed E-state index contributed by atoms with van der Waals surface area (Å²) < 4.78 is 72.8. The number of ether oxygens (including phenoxy) is 3. The molecule has 2 fully saturated rings. The van der Waals surface area contributed by atoms with Crippen molar-refractivity contribution in [1.29, 1.82) is 0 Å². The van der Waals surface area contributed by atoms with Gasteiger partial charge in [-0.3, -0.25) is 0 Å². The van der Waals surface area contributed by atoms with Crippen LogP contribution < -0.4 is 4.74 Å². The van der Waals surface area contributed by atoms with Gasteiger partial charge in [0.2, 0.25) is 0 Å². The summed E-state index contributed by atoms with van der Waals surface area (Å²) in [5, 5.41) is 0. The second-order valence-corrected chi connectivity index (χ2v) is 8.33. The molecular formula is C22H30F4O3. The lowest BCUT2D eigenvalue weighted by molar-refractivity contribution is -0.248. The van der Waals surface area contributed by atoms with Crippen LogP contribution in [-0.2, 0) is 9.47 Å². The first kappa shape index (κ1) is 22.3. The van der Waals surface area contributed by atoms with Gasteiger partial charge in [-0.25, -0.2) is 8.78 Å². The van der Waals surface area contributed by atoms with Gasteiger partial charge < -0.3 is 14.2 Å². The molecule has 1 aliphatic heterocycles. The summed E-state index contributed by atoms with van der Waals surface area (Å²) in [5.41, 5.74) is -0.217. The average Bonchev–Trinajstić information content (AvgIpc) is 2.70. The van der Waals surface area contributed by atoms with E-state index in [0.29, 0.717) is 32.0 Å². The Kier molecular flexibility index (Phi) is 7.43. The van der Waals surface area contributed by atoms with Gasteiger partial charge in [0.1, 0.15) is 17.4 Å². The Morgan fingerprint density at radius 3 is 2.17 bits per heavy atom. The summed E-state index contributed by atoms with van der Waals surface area (Å²) in [6.45, 7) is 4.72. The zero-order chi connectivity index (χ0) is 21.0. The fourth-order valence-electron chi connectivity index (χ4n) is 4.14. The monoisotopic (exact) mass is 418 g/mol. The van der Waals surface area contributed by atoms with Crippen LogP contribution in [0.3, 0.4) is 0 Å². The van der Waals surface area contributed by atoms with E-state index in [4.69, 9.17) is 14.2 Å². The highest BCUT2D eigenvalue weighted by atomic mass is 19.3. The first-order valence-corrected chi connectivity index (χ1v) is 10.6. The SMILES string of the molecule is CCCCC1COC(C2CCC(C(F)(F)Oc3cc(F)c(C)c(F)c3)CC2)OC1. The molecule has 0 aromatic heterocycles. The van der Waals surface area contributed by atoms with E-state index in [0.717, 1.165) is 31.4 Å². The van der Waals surface area contributed by atoms with Crippen molar-refractivity contribution < 1.29 is 31.8 Å². The van der Waals surface area contributed by atoms with Crippen molar-refractivity contribution in [3.63, 3.8) is 0 Å². The van der Waals surface area contributed by atoms with E-state index >= 15 is 0 Å². The van der Waals surface area contributed by atoms with Crippen LogP contribution in [-0.4, -0.2) is 25.6 Å². The molecule has 164 valence electrons. The van der Waals surface area contributed by atoms with E-state index in [9.17, 15) is 17.6 Å². The molecule has 1 saturated heterocycles. The van der Waals surface area contributed by atoms with E-state index in [1.165, 1.54) is 6.92 Å². The third kappa shape index (κ3) is 5.63. The predicted molar refractivity (Wildman–Crippen MR) is 101 cm³/mol. The molecule has 0 radical (unpaired) electrons. The van der Waals surface area contributed by atoms with E-state index < -0.39 is 29.4 Å². The molecule has 0 N–H and O–H groups in total. The molecular weight excluding hydrogens is 388 g/mol. The first-order valence-electron chi connectivity index (χ1n) is 10.6. The fraction of sp³-hybridized carbons (Fsp3) is 0.727. The molecule has 0 unspecified atom stereocenters. The lowest BCUT2D eigenvalue weighted by Crippen LogP contribution is -2.42. The van der Waals surface area contributed by atoms with Crippen LogP contribution in [0.2, 0.25) is 0 Å². The highest BCUT2D eigenvalue weighted by Crippen LogP contribution is 2.42. The molecule has 0 amide bonds. The molecule has 1 aromatic carbocycles. The highest BCUT2D eigenvalue weighted by molar-refractivity contribution is 5.30. The van der Waals surface area contributed by atoms with E-state index in [-0.39, 0.29) is 30.6 Å². The van der Waals surface area contributed by atoms with Crippen LogP contribution in [0.4, 0.5) is 17.6 Å². The summed E-state index contributed by atoms with van der Waals surface area (Å²) in [7, 11) is 0. The lowest BCUT2D eigenvalue weighted by atomic mass is 9.80. The van der Waals surface area contributed by atoms with Gasteiger partial charge in [0.25, 0.3) is 0 Å². The molecule has 3 nitrogen and oxygen atoms in total. The Balaban J connectivity index is 1.49. The number of benzene rings is 1. The Morgan fingerprint density at radius 2 is 1.62 bits per heavy atom. The van der Waals surface area contributed by atoms with Crippen LogP contribution in [0.15, 0.2) is 12.1 Å². The van der Waals surface area contributed by atoms with Crippen molar-refractivity contribution in [2.45, 2.75) is 71.2 Å². The average molecular weight is 418 g/mol. The number of rotatable bonds is 7. The van der Waals surface area contributed by atoms with Crippen molar-refractivity contribution >= 4 is 0 Å². The Labute approximate surface area is 169 Å². The predicted octanol–water partition coefficient (Wildman–Crippen LogP) is 6.23. The molecule has 1 saturated carbocycles. The number of unbranched alkanes of at least 4 members (excludes halogenated alkanes) is 1. The zero-order valence-corrected chi connectivity index (χ0v) is 17.1. The zero-order valence-electron chi connectivity index (χ0n) is 17.1. The summed E-state index contributed by atoms with van der Waals surface area (Å²) in [4.78, 5) is 0. The summed E-state index contributed by atoms with van der Waals surface area (Å²) in [6.07, 6.45) is 1.14.